The first-order chi connectivity index (χ1) is 13.2. The van der Waals surface area contributed by atoms with Crippen LogP contribution < -0.4 is 19.9 Å². The van der Waals surface area contributed by atoms with Gasteiger partial charge in [0.2, 0.25) is 0 Å². The fourth-order valence-corrected chi connectivity index (χ4v) is 3.59. The van der Waals surface area contributed by atoms with Crippen LogP contribution in [0.15, 0.2) is 54.6 Å². The van der Waals surface area contributed by atoms with Crippen LogP contribution in [-0.2, 0) is 4.79 Å². The fraction of sp³-hybridized carbons (Fsp3) is 0.409. The molecule has 0 spiro atoms. The van der Waals surface area contributed by atoms with Gasteiger partial charge in [-0.2, -0.15) is 0 Å². The van der Waals surface area contributed by atoms with E-state index in [1.165, 1.54) is 10.5 Å². The number of nitrogens with one attached hydrogen (secondary N) is 2. The molecule has 2 N–H and O–H groups in total. The normalized spacial score (nSPS) is 16.0. The third-order valence-electron chi connectivity index (χ3n) is 5.28. The van der Waals surface area contributed by atoms with Crippen molar-refractivity contribution in [1.29, 1.82) is 0 Å². The summed E-state index contributed by atoms with van der Waals surface area (Å²) in [7, 11) is 1.71. The van der Waals surface area contributed by atoms with Crippen LogP contribution in [0.2, 0.25) is 0 Å². The van der Waals surface area contributed by atoms with Crippen LogP contribution in [0.1, 0.15) is 18.4 Å². The van der Waals surface area contributed by atoms with E-state index < -0.39 is 0 Å². The minimum Gasteiger partial charge on any atom is -0.495 e. The van der Waals surface area contributed by atoms with Gasteiger partial charge in [0.05, 0.1) is 39.0 Å². The Morgan fingerprint density at radius 3 is 2.48 bits per heavy atom. The third-order valence-corrected chi connectivity index (χ3v) is 5.28. The lowest BCUT2D eigenvalue weighted by molar-refractivity contribution is -0.892. The van der Waals surface area contributed by atoms with Crippen molar-refractivity contribution >= 4 is 11.6 Å². The van der Waals surface area contributed by atoms with Crippen molar-refractivity contribution in [2.75, 3.05) is 51.3 Å². The van der Waals surface area contributed by atoms with E-state index in [0.29, 0.717) is 19.0 Å². The topological polar surface area (TPSA) is 46.0 Å². The number of para-hydroxylation sites is 2. The SMILES string of the molecule is COc1ccccc1N1CC[NH+](CC(=O)NC[C@H](C)c2ccccc2)CC1. The molecule has 0 unspecified atom stereocenters. The molecular formula is C22H30N3O2+. The fourth-order valence-electron chi connectivity index (χ4n) is 3.59. The predicted octanol–water partition coefficient (Wildman–Crippen LogP) is 1.32. The molecule has 0 saturated carbocycles. The van der Waals surface area contributed by atoms with Gasteiger partial charge in [0.25, 0.3) is 5.91 Å². The van der Waals surface area contributed by atoms with Crippen LogP contribution in [0, 0.1) is 0 Å². The molecule has 1 aliphatic heterocycles. The summed E-state index contributed by atoms with van der Waals surface area (Å²) in [6.45, 7) is 7.16. The highest BCUT2D eigenvalue weighted by atomic mass is 16.5. The van der Waals surface area contributed by atoms with Crippen LogP contribution in [-0.4, -0.2) is 52.3 Å². The number of nitrogens with zero attached hydrogens (tertiary/aromatic N) is 1. The highest BCUT2D eigenvalue weighted by Crippen LogP contribution is 2.27. The van der Waals surface area contributed by atoms with Gasteiger partial charge >= 0.3 is 0 Å². The Labute approximate surface area is 161 Å². The summed E-state index contributed by atoms with van der Waals surface area (Å²) in [5.74, 6) is 1.37. The number of piperazine rings is 1. The van der Waals surface area contributed by atoms with Crippen molar-refractivity contribution in [2.24, 2.45) is 0 Å². The van der Waals surface area contributed by atoms with Crippen molar-refractivity contribution < 1.29 is 14.4 Å². The third kappa shape index (κ3) is 5.23. The number of rotatable bonds is 7. The van der Waals surface area contributed by atoms with Gasteiger partial charge in [-0.25, -0.2) is 0 Å². The number of benzene rings is 2. The second-order valence-corrected chi connectivity index (χ2v) is 7.20. The van der Waals surface area contributed by atoms with Crippen LogP contribution in [0.5, 0.6) is 5.75 Å². The van der Waals surface area contributed by atoms with Crippen molar-refractivity contribution in [1.82, 2.24) is 5.32 Å². The van der Waals surface area contributed by atoms with Crippen molar-refractivity contribution in [3.8, 4) is 5.75 Å². The van der Waals surface area contributed by atoms with E-state index in [0.717, 1.165) is 37.6 Å². The number of quaternary nitrogens is 1. The maximum atomic E-state index is 12.3. The molecule has 5 nitrogen and oxygen atoms in total. The van der Waals surface area contributed by atoms with E-state index in [9.17, 15) is 4.79 Å². The Kier molecular flexibility index (Phi) is 6.71. The summed E-state index contributed by atoms with van der Waals surface area (Å²) in [6.07, 6.45) is 0. The van der Waals surface area contributed by atoms with Crippen LogP contribution in [0.3, 0.4) is 0 Å². The highest BCUT2D eigenvalue weighted by Gasteiger charge is 2.24. The highest BCUT2D eigenvalue weighted by molar-refractivity contribution is 5.76. The summed E-state index contributed by atoms with van der Waals surface area (Å²) < 4.78 is 5.47. The molecule has 2 aromatic carbocycles. The summed E-state index contributed by atoms with van der Waals surface area (Å²) in [4.78, 5) is 16.0. The smallest absolute Gasteiger partial charge is 0.275 e. The molecule has 144 valence electrons. The zero-order valence-corrected chi connectivity index (χ0v) is 16.3. The van der Waals surface area contributed by atoms with Crippen LogP contribution in [0.25, 0.3) is 0 Å². The van der Waals surface area contributed by atoms with E-state index in [4.69, 9.17) is 4.74 Å². The number of carbonyl (C=O) groups is 1. The molecule has 1 saturated heterocycles. The first kappa shape index (κ1) is 19.2. The molecule has 1 fully saturated rings. The van der Waals surface area contributed by atoms with Gasteiger partial charge < -0.3 is 19.9 Å². The second-order valence-electron chi connectivity index (χ2n) is 7.20. The Morgan fingerprint density at radius 2 is 1.78 bits per heavy atom. The zero-order chi connectivity index (χ0) is 19.1. The van der Waals surface area contributed by atoms with Crippen LogP contribution >= 0.6 is 0 Å². The van der Waals surface area contributed by atoms with Gasteiger partial charge in [0.1, 0.15) is 5.75 Å². The summed E-state index contributed by atoms with van der Waals surface area (Å²) in [5.41, 5.74) is 2.40. The standard InChI is InChI=1S/C22H29N3O2/c1-18(19-8-4-3-5-9-19)16-23-22(26)17-24-12-14-25(15-13-24)20-10-6-7-11-21(20)27-2/h3-11,18H,12-17H2,1-2H3,(H,23,26)/p+1/t18-/m0/s1. The number of hydrogen-bond donors (Lipinski definition) is 2. The monoisotopic (exact) mass is 368 g/mol. The molecule has 3 rings (SSSR count). The largest absolute Gasteiger partial charge is 0.495 e. The summed E-state index contributed by atoms with van der Waals surface area (Å²) >= 11 is 0. The molecule has 0 bridgehead atoms. The molecular weight excluding hydrogens is 338 g/mol. The first-order valence-electron chi connectivity index (χ1n) is 9.70. The van der Waals surface area contributed by atoms with Crippen molar-refractivity contribution in [2.45, 2.75) is 12.8 Å². The lowest BCUT2D eigenvalue weighted by atomic mass is 10.0. The average Bonchev–Trinajstić information content (AvgIpc) is 2.73. The molecule has 1 amide bonds. The Morgan fingerprint density at radius 1 is 1.11 bits per heavy atom. The van der Waals surface area contributed by atoms with Crippen molar-refractivity contribution in [3.63, 3.8) is 0 Å². The zero-order valence-electron chi connectivity index (χ0n) is 16.3. The van der Waals surface area contributed by atoms with Crippen LogP contribution in [0.4, 0.5) is 5.69 Å². The number of amides is 1. The molecule has 1 aliphatic rings. The number of hydrogen-bond acceptors (Lipinski definition) is 3. The lowest BCUT2D eigenvalue weighted by Gasteiger charge is -2.34. The van der Waals surface area contributed by atoms with Gasteiger partial charge in [-0.1, -0.05) is 49.4 Å². The number of methoxy groups -OCH3 is 1. The van der Waals surface area contributed by atoms with Gasteiger partial charge in [-0.15, -0.1) is 0 Å². The molecule has 1 heterocycles. The Hall–Kier alpha value is -2.53. The summed E-state index contributed by atoms with van der Waals surface area (Å²) in [5, 5.41) is 3.10. The first-order valence-corrected chi connectivity index (χ1v) is 9.70. The van der Waals surface area contributed by atoms with E-state index in [2.05, 4.69) is 35.3 Å². The molecule has 0 aromatic heterocycles. The van der Waals surface area contributed by atoms with Gasteiger partial charge in [-0.3, -0.25) is 4.79 Å². The number of ether oxygens (including phenoxy) is 1. The number of carbonyl (C=O) groups excluding carboxylic acids is 1. The Bertz CT molecular complexity index is 727. The second kappa shape index (κ2) is 9.42. The minimum atomic E-state index is 0.138. The predicted molar refractivity (Wildman–Crippen MR) is 109 cm³/mol. The van der Waals surface area contributed by atoms with Gasteiger partial charge in [0.15, 0.2) is 6.54 Å². The quantitative estimate of drug-likeness (QED) is 0.775. The molecule has 0 radical (unpaired) electrons. The van der Waals surface area contributed by atoms with E-state index >= 15 is 0 Å². The van der Waals surface area contributed by atoms with Gasteiger partial charge in [-0.05, 0) is 23.6 Å². The minimum absolute atomic E-state index is 0.138. The van der Waals surface area contributed by atoms with E-state index in [1.807, 2.05) is 36.4 Å². The Balaban J connectivity index is 1.43. The average molecular weight is 369 g/mol. The molecule has 0 aliphatic carbocycles. The molecule has 27 heavy (non-hydrogen) atoms. The molecule has 1 atom stereocenters. The lowest BCUT2D eigenvalue weighted by Crippen LogP contribution is -3.16. The van der Waals surface area contributed by atoms with E-state index in [1.54, 1.807) is 7.11 Å². The number of anilines is 1. The van der Waals surface area contributed by atoms with Crippen molar-refractivity contribution in [3.05, 3.63) is 60.2 Å². The molecule has 2 aromatic rings. The summed E-state index contributed by atoms with van der Waals surface area (Å²) in [6, 6.07) is 18.4. The maximum Gasteiger partial charge on any atom is 0.275 e. The molecule has 5 heteroatoms. The van der Waals surface area contributed by atoms with E-state index in [-0.39, 0.29) is 5.91 Å². The maximum absolute atomic E-state index is 12.3. The van der Waals surface area contributed by atoms with Gasteiger partial charge in [0, 0.05) is 6.54 Å².